The van der Waals surface area contributed by atoms with Gasteiger partial charge in [-0.1, -0.05) is 60.7 Å². The summed E-state index contributed by atoms with van der Waals surface area (Å²) in [5, 5.41) is 0. The van der Waals surface area contributed by atoms with Crippen LogP contribution in [0.1, 0.15) is 17.5 Å². The van der Waals surface area contributed by atoms with E-state index in [4.69, 9.17) is 5.73 Å². The summed E-state index contributed by atoms with van der Waals surface area (Å²) in [6.07, 6.45) is 0.654. The highest BCUT2D eigenvalue weighted by atomic mass is 32.2. The van der Waals surface area contributed by atoms with Gasteiger partial charge in [0.05, 0.1) is 5.75 Å². The lowest BCUT2D eigenvalue weighted by Gasteiger charge is -2.22. The van der Waals surface area contributed by atoms with Gasteiger partial charge < -0.3 is 5.73 Å². The molecule has 0 spiro atoms. The maximum Gasteiger partial charge on any atom is 0.218 e. The number of hydrogen-bond donors (Lipinski definition) is 1. The van der Waals surface area contributed by atoms with Gasteiger partial charge in [0.2, 0.25) is 10.0 Å². The van der Waals surface area contributed by atoms with Gasteiger partial charge >= 0.3 is 0 Å². The number of nitrogens with two attached hydrogens (primary N) is 1. The lowest BCUT2D eigenvalue weighted by Crippen LogP contribution is -2.33. The zero-order valence-corrected chi connectivity index (χ0v) is 13.4. The van der Waals surface area contributed by atoms with Gasteiger partial charge in [0, 0.05) is 13.1 Å². The van der Waals surface area contributed by atoms with Crippen LogP contribution in [0.25, 0.3) is 0 Å². The molecule has 22 heavy (non-hydrogen) atoms. The number of nitrogens with zero attached hydrogens (tertiary/aromatic N) is 1. The molecule has 0 aliphatic carbocycles. The molecule has 0 bridgehead atoms. The predicted octanol–water partition coefficient (Wildman–Crippen LogP) is 2.37. The Balaban J connectivity index is 2.16. The summed E-state index contributed by atoms with van der Waals surface area (Å²) in [4.78, 5) is 0. The number of hydrogen-bond acceptors (Lipinski definition) is 3. The highest BCUT2D eigenvalue weighted by molar-refractivity contribution is 7.88. The minimum atomic E-state index is -3.37. The van der Waals surface area contributed by atoms with Gasteiger partial charge in [-0.15, -0.1) is 0 Å². The first-order valence-electron chi connectivity index (χ1n) is 7.37. The van der Waals surface area contributed by atoms with Crippen molar-refractivity contribution in [2.75, 3.05) is 13.1 Å². The summed E-state index contributed by atoms with van der Waals surface area (Å²) >= 11 is 0. The third-order valence-corrected chi connectivity index (χ3v) is 5.20. The molecule has 0 atom stereocenters. The van der Waals surface area contributed by atoms with Crippen LogP contribution in [0.15, 0.2) is 60.7 Å². The molecule has 118 valence electrons. The normalized spacial score (nSPS) is 11.7. The molecule has 2 rings (SSSR count). The monoisotopic (exact) mass is 318 g/mol. The van der Waals surface area contributed by atoms with Crippen LogP contribution in [0.5, 0.6) is 0 Å². The van der Waals surface area contributed by atoms with Crippen LogP contribution in [0.3, 0.4) is 0 Å². The Morgan fingerprint density at radius 1 is 0.864 bits per heavy atom. The molecule has 2 N–H and O–H groups in total. The molecule has 0 unspecified atom stereocenters. The molecule has 0 saturated carbocycles. The molecule has 0 aliphatic heterocycles. The first kappa shape index (κ1) is 16.7. The Kier molecular flexibility index (Phi) is 6.12. The molecule has 0 fully saturated rings. The second-order valence-corrected chi connectivity index (χ2v) is 7.17. The van der Waals surface area contributed by atoms with E-state index >= 15 is 0 Å². The summed E-state index contributed by atoms with van der Waals surface area (Å²) in [6, 6.07) is 18.9. The fourth-order valence-electron chi connectivity index (χ4n) is 2.25. The molecule has 2 aromatic rings. The van der Waals surface area contributed by atoms with Crippen molar-refractivity contribution in [1.29, 1.82) is 0 Å². The van der Waals surface area contributed by atoms with Crippen LogP contribution in [0, 0.1) is 0 Å². The van der Waals surface area contributed by atoms with E-state index in [-0.39, 0.29) is 5.75 Å². The Morgan fingerprint density at radius 2 is 1.41 bits per heavy atom. The van der Waals surface area contributed by atoms with Gasteiger partial charge in [-0.2, -0.15) is 4.31 Å². The van der Waals surface area contributed by atoms with Crippen molar-refractivity contribution in [1.82, 2.24) is 4.31 Å². The Labute approximate surface area is 132 Å². The zero-order chi connectivity index (χ0) is 15.8. The van der Waals surface area contributed by atoms with Crippen LogP contribution in [-0.4, -0.2) is 25.8 Å². The van der Waals surface area contributed by atoms with E-state index in [2.05, 4.69) is 0 Å². The van der Waals surface area contributed by atoms with Crippen molar-refractivity contribution >= 4 is 10.0 Å². The second kappa shape index (κ2) is 8.08. The molecule has 2 aromatic carbocycles. The van der Waals surface area contributed by atoms with Gasteiger partial charge in [0.15, 0.2) is 0 Å². The third kappa shape index (κ3) is 4.94. The van der Waals surface area contributed by atoms with Crippen LogP contribution in [0.4, 0.5) is 0 Å². The Bertz CT molecular complexity index is 658. The number of sulfonamides is 1. The topological polar surface area (TPSA) is 63.4 Å². The molecule has 0 radical (unpaired) electrons. The van der Waals surface area contributed by atoms with Crippen LogP contribution in [-0.2, 0) is 22.3 Å². The van der Waals surface area contributed by atoms with Gasteiger partial charge in [0.1, 0.15) is 0 Å². The Morgan fingerprint density at radius 3 is 1.95 bits per heavy atom. The van der Waals surface area contributed by atoms with E-state index in [1.807, 2.05) is 60.7 Å². The standard InChI is InChI=1S/C17H22N2O2S/c18-12-7-13-19(14-16-8-3-1-4-9-16)22(20,21)15-17-10-5-2-6-11-17/h1-6,8-11H,7,12-15,18H2. The van der Waals surface area contributed by atoms with Crippen molar-refractivity contribution in [2.45, 2.75) is 18.7 Å². The molecule has 4 nitrogen and oxygen atoms in total. The number of benzene rings is 2. The molecule has 0 saturated heterocycles. The van der Waals surface area contributed by atoms with Gasteiger partial charge in [-0.25, -0.2) is 8.42 Å². The summed E-state index contributed by atoms with van der Waals surface area (Å²) in [6.45, 7) is 1.31. The zero-order valence-electron chi connectivity index (χ0n) is 12.6. The minimum absolute atomic E-state index is 0.0191. The Hall–Kier alpha value is -1.69. The van der Waals surface area contributed by atoms with E-state index in [9.17, 15) is 8.42 Å². The first-order valence-corrected chi connectivity index (χ1v) is 8.98. The molecular weight excluding hydrogens is 296 g/mol. The van der Waals surface area contributed by atoms with Gasteiger partial charge in [-0.3, -0.25) is 0 Å². The SMILES string of the molecule is NCCCN(Cc1ccccc1)S(=O)(=O)Cc1ccccc1. The van der Waals surface area contributed by atoms with Crippen LogP contribution >= 0.6 is 0 Å². The highest BCUT2D eigenvalue weighted by Crippen LogP contribution is 2.15. The molecule has 0 aromatic heterocycles. The van der Waals surface area contributed by atoms with E-state index in [0.29, 0.717) is 26.1 Å². The summed E-state index contributed by atoms with van der Waals surface area (Å²) in [7, 11) is -3.37. The van der Waals surface area contributed by atoms with Crippen molar-refractivity contribution in [3.05, 3.63) is 71.8 Å². The molecule has 0 heterocycles. The fourth-order valence-corrected chi connectivity index (χ4v) is 3.80. The van der Waals surface area contributed by atoms with Crippen LogP contribution < -0.4 is 5.73 Å². The molecule has 5 heteroatoms. The second-order valence-electron chi connectivity index (χ2n) is 5.20. The average Bonchev–Trinajstić information content (AvgIpc) is 2.53. The van der Waals surface area contributed by atoms with E-state index in [1.165, 1.54) is 4.31 Å². The molecule has 0 amide bonds. The maximum absolute atomic E-state index is 12.7. The summed E-state index contributed by atoms with van der Waals surface area (Å²) in [5.41, 5.74) is 7.33. The largest absolute Gasteiger partial charge is 0.330 e. The summed E-state index contributed by atoms with van der Waals surface area (Å²) in [5.74, 6) is 0.0191. The summed E-state index contributed by atoms with van der Waals surface area (Å²) < 4.78 is 26.9. The minimum Gasteiger partial charge on any atom is -0.330 e. The van der Waals surface area contributed by atoms with Gasteiger partial charge in [-0.05, 0) is 24.1 Å². The fraction of sp³-hybridized carbons (Fsp3) is 0.294. The van der Waals surface area contributed by atoms with Gasteiger partial charge in [0.25, 0.3) is 0 Å². The molecule has 0 aliphatic rings. The average molecular weight is 318 g/mol. The van der Waals surface area contributed by atoms with Crippen molar-refractivity contribution in [3.8, 4) is 0 Å². The lowest BCUT2D eigenvalue weighted by molar-refractivity contribution is 0.401. The lowest BCUT2D eigenvalue weighted by atomic mass is 10.2. The maximum atomic E-state index is 12.7. The van der Waals surface area contributed by atoms with Crippen molar-refractivity contribution in [2.24, 2.45) is 5.73 Å². The number of rotatable bonds is 8. The highest BCUT2D eigenvalue weighted by Gasteiger charge is 2.22. The quantitative estimate of drug-likeness (QED) is 0.813. The van der Waals surface area contributed by atoms with E-state index in [0.717, 1.165) is 11.1 Å². The molecular formula is C17H22N2O2S. The van der Waals surface area contributed by atoms with Crippen LogP contribution in [0.2, 0.25) is 0 Å². The van der Waals surface area contributed by atoms with E-state index < -0.39 is 10.0 Å². The third-order valence-electron chi connectivity index (χ3n) is 3.40. The van der Waals surface area contributed by atoms with Crippen molar-refractivity contribution < 1.29 is 8.42 Å². The van der Waals surface area contributed by atoms with Crippen molar-refractivity contribution in [3.63, 3.8) is 0 Å². The smallest absolute Gasteiger partial charge is 0.218 e. The predicted molar refractivity (Wildman–Crippen MR) is 89.6 cm³/mol. The first-order chi connectivity index (χ1) is 10.6. The van der Waals surface area contributed by atoms with E-state index in [1.54, 1.807) is 0 Å².